The van der Waals surface area contributed by atoms with Gasteiger partial charge in [0.15, 0.2) is 5.65 Å². The Bertz CT molecular complexity index is 1380. The zero-order valence-corrected chi connectivity index (χ0v) is 21.2. The Morgan fingerprint density at radius 1 is 1.30 bits per heavy atom. The highest BCUT2D eigenvalue weighted by Gasteiger charge is 2.60. The van der Waals surface area contributed by atoms with Crippen molar-refractivity contribution in [2.24, 2.45) is 5.92 Å². The molecule has 37 heavy (non-hydrogen) atoms. The zero-order chi connectivity index (χ0) is 25.6. The lowest BCUT2D eigenvalue weighted by molar-refractivity contribution is 0.0353. The lowest BCUT2D eigenvalue weighted by atomic mass is 9.92. The molecule has 3 aromatic heterocycles. The van der Waals surface area contributed by atoms with Crippen LogP contribution in [0.25, 0.3) is 5.65 Å². The van der Waals surface area contributed by atoms with Crippen LogP contribution < -0.4 is 21.5 Å². The van der Waals surface area contributed by atoms with E-state index in [4.69, 9.17) is 9.47 Å². The van der Waals surface area contributed by atoms with Gasteiger partial charge in [0.2, 0.25) is 0 Å². The van der Waals surface area contributed by atoms with Gasteiger partial charge in [-0.15, -0.1) is 0 Å². The number of carbonyl (C=O) groups is 1. The number of pyridine rings is 1. The third-order valence-corrected chi connectivity index (χ3v) is 8.14. The van der Waals surface area contributed by atoms with Gasteiger partial charge in [0.1, 0.15) is 22.9 Å². The molecule has 1 aliphatic heterocycles. The molecule has 1 amide bonds. The molecule has 2 aliphatic carbocycles. The molecule has 0 aromatic carbocycles. The van der Waals surface area contributed by atoms with E-state index < -0.39 is 0 Å². The average molecular weight is 508 g/mol. The van der Waals surface area contributed by atoms with Crippen LogP contribution in [-0.4, -0.2) is 64.1 Å². The number of nitrogens with one attached hydrogen (secondary N) is 3. The van der Waals surface area contributed by atoms with Gasteiger partial charge < -0.3 is 30.0 Å². The zero-order valence-electron chi connectivity index (χ0n) is 21.2. The van der Waals surface area contributed by atoms with E-state index >= 15 is 0 Å². The summed E-state index contributed by atoms with van der Waals surface area (Å²) >= 11 is 0. The summed E-state index contributed by atoms with van der Waals surface area (Å²) < 4.78 is 14.6. The van der Waals surface area contributed by atoms with E-state index in [1.807, 2.05) is 6.07 Å². The van der Waals surface area contributed by atoms with Gasteiger partial charge in [-0.25, -0.2) is 4.98 Å². The van der Waals surface area contributed by atoms with E-state index in [1.165, 1.54) is 0 Å². The monoisotopic (exact) mass is 507 g/mol. The maximum absolute atomic E-state index is 13.3. The fourth-order valence-electron chi connectivity index (χ4n) is 6.03. The number of hydrogen-bond acceptors (Lipinski definition) is 8. The van der Waals surface area contributed by atoms with Crippen molar-refractivity contribution in [3.05, 3.63) is 46.5 Å². The third-order valence-electron chi connectivity index (χ3n) is 8.14. The molecule has 1 saturated heterocycles. The fourth-order valence-corrected chi connectivity index (χ4v) is 6.03. The van der Waals surface area contributed by atoms with Crippen LogP contribution in [0.1, 0.15) is 54.9 Å². The van der Waals surface area contributed by atoms with Gasteiger partial charge in [-0.2, -0.15) is 9.61 Å². The summed E-state index contributed by atoms with van der Waals surface area (Å²) in [5.41, 5.74) is 0.996. The van der Waals surface area contributed by atoms with Crippen molar-refractivity contribution in [1.82, 2.24) is 24.5 Å². The maximum atomic E-state index is 13.3. The minimum Gasteiger partial charge on any atom is -0.379 e. The van der Waals surface area contributed by atoms with Gasteiger partial charge in [-0.05, 0) is 50.7 Å². The first kappa shape index (κ1) is 23.9. The topological polar surface area (TPSA) is 124 Å². The number of amides is 1. The number of rotatable bonds is 7. The number of aromatic nitrogens is 4. The van der Waals surface area contributed by atoms with Gasteiger partial charge in [-0.3, -0.25) is 9.59 Å². The van der Waals surface area contributed by atoms with E-state index in [0.717, 1.165) is 45.1 Å². The van der Waals surface area contributed by atoms with Crippen LogP contribution in [0.2, 0.25) is 0 Å². The molecule has 2 saturated carbocycles. The second-order valence-corrected chi connectivity index (χ2v) is 10.3. The molecule has 0 spiro atoms. The molecule has 4 heterocycles. The first-order valence-corrected chi connectivity index (χ1v) is 13.0. The lowest BCUT2D eigenvalue weighted by Gasteiger charge is -2.28. The van der Waals surface area contributed by atoms with Crippen molar-refractivity contribution in [1.29, 1.82) is 0 Å². The van der Waals surface area contributed by atoms with Gasteiger partial charge >= 0.3 is 0 Å². The Morgan fingerprint density at radius 3 is 2.97 bits per heavy atom. The Kier molecular flexibility index (Phi) is 6.12. The standard InChI is InChI=1S/C26H33N7O4/c1-27-22-12-21(29-20-8-4-10-32(25(20)35)16-6-5-11-37-15-16)31-23-17(14-28-33(22)23)24(34)30-19-7-3-9-26(36-2)13-18(19)26/h4,8,10,12,14,16,18-19,27H,3,5-7,9,11,13,15H2,1-2H3,(H,29,31)(H,30,34)/t16-,18?,19-,26+/m1/s1. The summed E-state index contributed by atoms with van der Waals surface area (Å²) in [5, 5.41) is 13.9. The van der Waals surface area contributed by atoms with Crippen molar-refractivity contribution in [2.75, 3.05) is 38.0 Å². The van der Waals surface area contributed by atoms with Crippen LogP contribution in [0, 0.1) is 5.92 Å². The molecule has 3 aromatic rings. The smallest absolute Gasteiger partial charge is 0.274 e. The van der Waals surface area contributed by atoms with Crippen molar-refractivity contribution >= 4 is 28.9 Å². The lowest BCUT2D eigenvalue weighted by Crippen LogP contribution is -2.41. The predicted molar refractivity (Wildman–Crippen MR) is 139 cm³/mol. The third kappa shape index (κ3) is 4.25. The molecule has 0 bridgehead atoms. The van der Waals surface area contributed by atoms with Crippen LogP contribution in [0.5, 0.6) is 0 Å². The van der Waals surface area contributed by atoms with Gasteiger partial charge in [0.05, 0.1) is 24.4 Å². The first-order valence-electron chi connectivity index (χ1n) is 13.0. The Morgan fingerprint density at radius 2 is 2.19 bits per heavy atom. The van der Waals surface area contributed by atoms with Crippen LogP contribution in [0.15, 0.2) is 35.4 Å². The molecule has 11 nitrogen and oxygen atoms in total. The molecule has 6 rings (SSSR count). The number of anilines is 3. The number of methoxy groups -OCH3 is 1. The van der Waals surface area contributed by atoms with Crippen molar-refractivity contribution in [2.45, 2.75) is 56.2 Å². The Labute approximate surface area is 214 Å². The summed E-state index contributed by atoms with van der Waals surface area (Å²) in [6, 6.07) is 5.43. The Hall–Kier alpha value is -3.44. The maximum Gasteiger partial charge on any atom is 0.274 e. The first-order chi connectivity index (χ1) is 18.0. The highest BCUT2D eigenvalue weighted by atomic mass is 16.5. The molecule has 3 fully saturated rings. The second-order valence-electron chi connectivity index (χ2n) is 10.3. The van der Waals surface area contributed by atoms with E-state index in [-0.39, 0.29) is 29.2 Å². The molecule has 3 N–H and O–H groups in total. The molecular formula is C26H33N7O4. The van der Waals surface area contributed by atoms with Crippen molar-refractivity contribution < 1.29 is 14.3 Å². The highest BCUT2D eigenvalue weighted by Crippen LogP contribution is 2.55. The van der Waals surface area contributed by atoms with E-state index in [0.29, 0.717) is 41.1 Å². The highest BCUT2D eigenvalue weighted by molar-refractivity contribution is 6.00. The summed E-state index contributed by atoms with van der Waals surface area (Å²) in [7, 11) is 3.54. The molecule has 11 heteroatoms. The Balaban J connectivity index is 1.28. The number of ether oxygens (including phenoxy) is 2. The molecule has 3 aliphatic rings. The minimum absolute atomic E-state index is 0.0135. The SMILES string of the molecule is CNc1cc(Nc2cccn([C@@H]3CCCOC3)c2=O)nc2c(C(=O)N[C@@H]3CCC[C@]4(OC)CC34)cnn12. The quantitative estimate of drug-likeness (QED) is 0.446. The minimum atomic E-state index is -0.204. The van der Waals surface area contributed by atoms with Crippen molar-refractivity contribution in [3.8, 4) is 0 Å². The molecular weight excluding hydrogens is 474 g/mol. The van der Waals surface area contributed by atoms with Crippen LogP contribution in [-0.2, 0) is 9.47 Å². The van der Waals surface area contributed by atoms with Crippen LogP contribution in [0.3, 0.4) is 0 Å². The van der Waals surface area contributed by atoms with E-state index in [2.05, 4.69) is 26.0 Å². The number of hydrogen-bond donors (Lipinski definition) is 3. The summed E-state index contributed by atoms with van der Waals surface area (Å²) in [4.78, 5) is 31.3. The largest absolute Gasteiger partial charge is 0.379 e. The molecule has 0 radical (unpaired) electrons. The predicted octanol–water partition coefficient (Wildman–Crippen LogP) is 2.72. The number of fused-ring (bicyclic) bond motifs is 2. The number of carbonyl (C=O) groups excluding carboxylic acids is 1. The number of nitrogens with zero attached hydrogens (tertiary/aromatic N) is 4. The van der Waals surface area contributed by atoms with Crippen LogP contribution >= 0.6 is 0 Å². The van der Waals surface area contributed by atoms with Gasteiger partial charge in [0, 0.05) is 45.0 Å². The van der Waals surface area contributed by atoms with Gasteiger partial charge in [-0.1, -0.05) is 0 Å². The van der Waals surface area contributed by atoms with Gasteiger partial charge in [0.25, 0.3) is 11.5 Å². The van der Waals surface area contributed by atoms with E-state index in [1.54, 1.807) is 47.8 Å². The summed E-state index contributed by atoms with van der Waals surface area (Å²) in [6.07, 6.45) is 9.18. The average Bonchev–Trinajstić information content (AvgIpc) is 3.53. The van der Waals surface area contributed by atoms with E-state index in [9.17, 15) is 9.59 Å². The molecule has 196 valence electrons. The normalized spacial score (nSPS) is 26.9. The summed E-state index contributed by atoms with van der Waals surface area (Å²) in [6.45, 7) is 1.26. The fraction of sp³-hybridized carbons (Fsp3) is 0.538. The summed E-state index contributed by atoms with van der Waals surface area (Å²) in [5.74, 6) is 1.23. The molecule has 1 unspecified atom stereocenters. The van der Waals surface area contributed by atoms with Crippen molar-refractivity contribution in [3.63, 3.8) is 0 Å². The van der Waals surface area contributed by atoms with Crippen LogP contribution in [0.4, 0.5) is 17.3 Å². The molecule has 4 atom stereocenters. The second kappa shape index (κ2) is 9.46.